The monoisotopic (exact) mass is 578 g/mol. The zero-order valence-corrected chi connectivity index (χ0v) is 26.2. The molecule has 8 nitrogen and oxygen atoms in total. The molecule has 3 aromatic rings. The molecule has 1 aliphatic heterocycles. The third kappa shape index (κ3) is 5.92. The van der Waals surface area contributed by atoms with Gasteiger partial charge in [0.15, 0.2) is 0 Å². The maximum absolute atomic E-state index is 12.9. The Hall–Kier alpha value is -3.20. The molecule has 1 fully saturated rings. The van der Waals surface area contributed by atoms with Gasteiger partial charge in [-0.15, -0.1) is 0 Å². The molecular formula is C32H42N4O4S. The molecule has 0 N–H and O–H groups in total. The predicted octanol–water partition coefficient (Wildman–Crippen LogP) is 5.69. The van der Waals surface area contributed by atoms with E-state index in [4.69, 9.17) is 9.72 Å². The van der Waals surface area contributed by atoms with E-state index in [1.807, 2.05) is 20.8 Å². The van der Waals surface area contributed by atoms with Crippen LogP contribution in [0.15, 0.2) is 41.6 Å². The fourth-order valence-corrected chi connectivity index (χ4v) is 7.09. The largest absolute Gasteiger partial charge is 0.444 e. The number of sulfone groups is 1. The van der Waals surface area contributed by atoms with E-state index >= 15 is 0 Å². The van der Waals surface area contributed by atoms with Crippen molar-refractivity contribution in [1.29, 1.82) is 0 Å². The zero-order chi connectivity index (χ0) is 29.9. The minimum atomic E-state index is -3.65. The van der Waals surface area contributed by atoms with Gasteiger partial charge in [0.2, 0.25) is 15.0 Å². The topological polar surface area (TPSA) is 92.7 Å². The highest BCUT2D eigenvalue weighted by Gasteiger charge is 2.39. The van der Waals surface area contributed by atoms with Gasteiger partial charge in [-0.25, -0.2) is 23.2 Å². The Kier molecular flexibility index (Phi) is 7.55. The number of nitrogens with zero attached hydrogens (tertiary/aromatic N) is 4. The van der Waals surface area contributed by atoms with Crippen molar-refractivity contribution in [3.8, 4) is 0 Å². The molecule has 0 radical (unpaired) electrons. The number of hydrogen-bond donors (Lipinski definition) is 0. The van der Waals surface area contributed by atoms with E-state index in [0.29, 0.717) is 31.2 Å². The van der Waals surface area contributed by atoms with Gasteiger partial charge in [-0.1, -0.05) is 48.9 Å². The SMILES string of the molecule is Cc1cc(C2Cc3nc(S(C)(=O)=O)nc(N4[C@@H](C)CN(C(=O)OC(C)(C)C)C[C@@H]4C)c3CC2C)c2ccccc2c1. The van der Waals surface area contributed by atoms with Crippen molar-refractivity contribution in [1.82, 2.24) is 14.9 Å². The summed E-state index contributed by atoms with van der Waals surface area (Å²) in [5, 5.41) is 2.31. The van der Waals surface area contributed by atoms with Gasteiger partial charge in [0, 0.05) is 37.0 Å². The normalized spacial score (nSPS) is 23.4. The highest BCUT2D eigenvalue weighted by molar-refractivity contribution is 7.90. The summed E-state index contributed by atoms with van der Waals surface area (Å²) in [6.07, 6.45) is 2.22. The maximum atomic E-state index is 12.9. The summed E-state index contributed by atoms with van der Waals surface area (Å²) < 4.78 is 31.3. The van der Waals surface area contributed by atoms with E-state index in [-0.39, 0.29) is 29.3 Å². The van der Waals surface area contributed by atoms with Crippen molar-refractivity contribution >= 4 is 32.5 Å². The lowest BCUT2D eigenvalue weighted by atomic mass is 9.73. The average molecular weight is 579 g/mol. The Morgan fingerprint density at radius 1 is 1.00 bits per heavy atom. The molecule has 2 aliphatic rings. The first-order valence-electron chi connectivity index (χ1n) is 14.5. The van der Waals surface area contributed by atoms with Crippen molar-refractivity contribution in [3.63, 3.8) is 0 Å². The van der Waals surface area contributed by atoms with E-state index in [0.717, 1.165) is 17.7 Å². The van der Waals surface area contributed by atoms with Crippen molar-refractivity contribution in [2.24, 2.45) is 5.92 Å². The van der Waals surface area contributed by atoms with Crippen LogP contribution in [0, 0.1) is 12.8 Å². The van der Waals surface area contributed by atoms with E-state index in [2.05, 4.69) is 74.0 Å². The molecule has 0 spiro atoms. The highest BCUT2D eigenvalue weighted by Crippen LogP contribution is 2.43. The van der Waals surface area contributed by atoms with Crippen LogP contribution in [0.2, 0.25) is 0 Å². The number of piperazine rings is 1. The van der Waals surface area contributed by atoms with Gasteiger partial charge in [0.25, 0.3) is 0 Å². The average Bonchev–Trinajstić information content (AvgIpc) is 2.86. The third-order valence-electron chi connectivity index (χ3n) is 8.26. The number of aryl methyl sites for hydroxylation is 1. The van der Waals surface area contributed by atoms with E-state index in [1.165, 1.54) is 28.2 Å². The lowest BCUT2D eigenvalue weighted by Gasteiger charge is -2.46. The molecule has 0 saturated carbocycles. The summed E-state index contributed by atoms with van der Waals surface area (Å²) in [5.74, 6) is 1.17. The van der Waals surface area contributed by atoms with Gasteiger partial charge in [-0.05, 0) is 82.6 Å². The Bertz CT molecular complexity index is 1590. The summed E-state index contributed by atoms with van der Waals surface area (Å²) in [4.78, 5) is 26.2. The summed E-state index contributed by atoms with van der Waals surface area (Å²) in [6.45, 7) is 15.0. The maximum Gasteiger partial charge on any atom is 0.410 e. The van der Waals surface area contributed by atoms with Crippen molar-refractivity contribution in [2.75, 3.05) is 24.2 Å². The summed E-state index contributed by atoms with van der Waals surface area (Å²) >= 11 is 0. The molecule has 41 heavy (non-hydrogen) atoms. The molecule has 0 bridgehead atoms. The number of benzene rings is 2. The summed E-state index contributed by atoms with van der Waals surface area (Å²) in [6, 6.07) is 12.8. The molecule has 5 rings (SSSR count). The second-order valence-corrected chi connectivity index (χ2v) is 15.0. The lowest BCUT2D eigenvalue weighted by Crippen LogP contribution is -2.59. The van der Waals surface area contributed by atoms with E-state index in [1.54, 1.807) is 4.90 Å². The first-order valence-corrected chi connectivity index (χ1v) is 16.4. The number of ether oxygens (including phenoxy) is 1. The first kappa shape index (κ1) is 29.3. The molecule has 1 amide bonds. The molecule has 1 aromatic heterocycles. The number of carbonyl (C=O) groups is 1. The second kappa shape index (κ2) is 10.6. The Balaban J connectivity index is 1.55. The fraction of sp³-hybridized carbons (Fsp3) is 0.531. The number of hydrogen-bond acceptors (Lipinski definition) is 7. The number of rotatable bonds is 3. The number of fused-ring (bicyclic) bond motifs is 2. The van der Waals surface area contributed by atoms with Crippen molar-refractivity contribution in [2.45, 2.75) is 90.1 Å². The van der Waals surface area contributed by atoms with Crippen LogP contribution in [0.4, 0.5) is 10.6 Å². The van der Waals surface area contributed by atoms with Crippen LogP contribution < -0.4 is 4.90 Å². The van der Waals surface area contributed by atoms with Gasteiger partial charge >= 0.3 is 6.09 Å². The molecular weight excluding hydrogens is 536 g/mol. The first-order chi connectivity index (χ1) is 19.1. The fourth-order valence-electron chi connectivity index (χ4n) is 6.56. The predicted molar refractivity (Wildman–Crippen MR) is 162 cm³/mol. The van der Waals surface area contributed by atoms with Crippen molar-refractivity contribution in [3.05, 3.63) is 58.8 Å². The molecule has 4 atom stereocenters. The van der Waals surface area contributed by atoms with Crippen LogP contribution in [0.5, 0.6) is 0 Å². The number of carbonyl (C=O) groups excluding carboxylic acids is 1. The number of amides is 1. The van der Waals surface area contributed by atoms with Crippen LogP contribution in [-0.4, -0.2) is 66.4 Å². The molecule has 1 saturated heterocycles. The number of aromatic nitrogens is 2. The number of anilines is 1. The van der Waals surface area contributed by atoms with E-state index < -0.39 is 15.4 Å². The summed E-state index contributed by atoms with van der Waals surface area (Å²) in [7, 11) is -3.65. The Labute approximate surface area is 244 Å². The summed E-state index contributed by atoms with van der Waals surface area (Å²) in [5.41, 5.74) is 3.74. The molecule has 9 heteroatoms. The molecule has 2 heterocycles. The van der Waals surface area contributed by atoms with Crippen LogP contribution in [-0.2, 0) is 27.4 Å². The van der Waals surface area contributed by atoms with Gasteiger partial charge in [0.1, 0.15) is 11.4 Å². The molecule has 220 valence electrons. The van der Waals surface area contributed by atoms with Crippen LogP contribution >= 0.6 is 0 Å². The Morgan fingerprint density at radius 2 is 1.66 bits per heavy atom. The van der Waals surface area contributed by atoms with E-state index in [9.17, 15) is 13.2 Å². The highest BCUT2D eigenvalue weighted by atomic mass is 32.2. The quantitative estimate of drug-likeness (QED) is 0.369. The smallest absolute Gasteiger partial charge is 0.410 e. The van der Waals surface area contributed by atoms with Crippen LogP contribution in [0.25, 0.3) is 10.8 Å². The van der Waals surface area contributed by atoms with Crippen LogP contribution in [0.1, 0.15) is 69.8 Å². The van der Waals surface area contributed by atoms with Gasteiger partial charge in [-0.2, -0.15) is 0 Å². The second-order valence-electron chi connectivity index (χ2n) is 13.1. The van der Waals surface area contributed by atoms with Gasteiger partial charge < -0.3 is 14.5 Å². The minimum Gasteiger partial charge on any atom is -0.444 e. The van der Waals surface area contributed by atoms with Crippen molar-refractivity contribution < 1.29 is 17.9 Å². The minimum absolute atomic E-state index is 0.0913. The Morgan fingerprint density at radius 3 is 2.29 bits per heavy atom. The molecule has 1 aliphatic carbocycles. The van der Waals surface area contributed by atoms with Gasteiger partial charge in [0.05, 0.1) is 5.69 Å². The lowest BCUT2D eigenvalue weighted by molar-refractivity contribution is 0.0192. The van der Waals surface area contributed by atoms with Gasteiger partial charge in [-0.3, -0.25) is 0 Å². The van der Waals surface area contributed by atoms with Crippen LogP contribution in [0.3, 0.4) is 0 Å². The zero-order valence-electron chi connectivity index (χ0n) is 25.4. The molecule has 2 unspecified atom stereocenters. The third-order valence-corrected chi connectivity index (χ3v) is 9.11. The standard InChI is InChI=1S/C32H42N4O4S/c1-19-13-23-11-9-10-12-24(23)26(14-19)25-16-28-27(15-20(25)2)29(34-30(33-28)41(8,38)39)36-21(3)17-35(18-22(36)4)31(37)40-32(5,6)7/h9-14,20-22,25H,15-18H2,1-8H3/t20?,21-,22-,25?/m0/s1. The molecule has 2 aromatic carbocycles.